The molecule has 1 fully saturated rings. The molecule has 1 heterocycles. The van der Waals surface area contributed by atoms with Gasteiger partial charge in [-0.1, -0.05) is 11.6 Å². The van der Waals surface area contributed by atoms with Gasteiger partial charge in [-0.15, -0.1) is 0 Å². The Morgan fingerprint density at radius 3 is 2.50 bits per heavy atom. The van der Waals surface area contributed by atoms with Crippen molar-refractivity contribution in [3.05, 3.63) is 34.4 Å². The summed E-state index contributed by atoms with van der Waals surface area (Å²) in [6, 6.07) is 1.70. The molecule has 0 unspecified atom stereocenters. The van der Waals surface area contributed by atoms with Gasteiger partial charge in [0.1, 0.15) is 17.2 Å². The molecule has 1 aliphatic heterocycles. The van der Waals surface area contributed by atoms with Gasteiger partial charge in [0.25, 0.3) is 0 Å². The number of rotatable bonds is 1. The average molecular weight is 221 g/mol. The zero-order valence-electron chi connectivity index (χ0n) is 7.06. The van der Waals surface area contributed by atoms with Crippen LogP contribution in [0.4, 0.5) is 8.78 Å². The lowest BCUT2D eigenvalue weighted by Crippen LogP contribution is -2.46. The summed E-state index contributed by atoms with van der Waals surface area (Å²) < 4.78 is 30.6. The van der Waals surface area contributed by atoms with Gasteiger partial charge in [0.2, 0.25) is 0 Å². The van der Waals surface area contributed by atoms with Gasteiger partial charge in [0, 0.05) is 11.6 Å². The fourth-order valence-electron chi connectivity index (χ4n) is 1.35. The highest BCUT2D eigenvalue weighted by atomic mass is 35.5. The third-order valence-electron chi connectivity index (χ3n) is 2.18. The zero-order chi connectivity index (χ0) is 10.3. The number of hydrogen-bond donors (Lipinski definition) is 1. The van der Waals surface area contributed by atoms with Crippen LogP contribution in [0.3, 0.4) is 0 Å². The summed E-state index contributed by atoms with van der Waals surface area (Å²) >= 11 is 5.61. The van der Waals surface area contributed by atoms with Crippen LogP contribution in [0.2, 0.25) is 5.02 Å². The molecule has 2 rings (SSSR count). The Morgan fingerprint density at radius 2 is 2.00 bits per heavy atom. The molecular weight excluding hydrogens is 214 g/mol. The number of ether oxygens (including phenoxy) is 1. The highest BCUT2D eigenvalue weighted by Gasteiger charge is 2.40. The Labute approximate surface area is 84.1 Å². The number of benzene rings is 1. The Balaban J connectivity index is 2.51. The maximum absolute atomic E-state index is 13.0. The zero-order valence-corrected chi connectivity index (χ0v) is 7.81. The first-order chi connectivity index (χ1) is 6.53. The van der Waals surface area contributed by atoms with E-state index in [-0.39, 0.29) is 23.8 Å². The quantitative estimate of drug-likeness (QED) is 0.732. The van der Waals surface area contributed by atoms with E-state index >= 15 is 0 Å². The standard InChI is InChI=1S/C9H7ClF2O2/c10-8-6(9(13)3-14-4-9)1-5(11)2-7(8)12/h1-2,13H,3-4H2. The minimum Gasteiger partial charge on any atom is -0.380 e. The van der Waals surface area contributed by atoms with E-state index in [2.05, 4.69) is 0 Å². The van der Waals surface area contributed by atoms with Crippen LogP contribution in [0.25, 0.3) is 0 Å². The van der Waals surface area contributed by atoms with E-state index in [9.17, 15) is 13.9 Å². The van der Waals surface area contributed by atoms with E-state index in [4.69, 9.17) is 16.3 Å². The summed E-state index contributed by atoms with van der Waals surface area (Å²) in [5.74, 6) is -1.63. The molecule has 14 heavy (non-hydrogen) atoms. The Kier molecular flexibility index (Phi) is 2.21. The van der Waals surface area contributed by atoms with Crippen LogP contribution in [0.15, 0.2) is 12.1 Å². The molecule has 1 aromatic rings. The van der Waals surface area contributed by atoms with E-state index in [0.29, 0.717) is 6.07 Å². The first kappa shape index (κ1) is 9.83. The van der Waals surface area contributed by atoms with E-state index < -0.39 is 17.2 Å². The van der Waals surface area contributed by atoms with Crippen molar-refractivity contribution < 1.29 is 18.6 Å². The van der Waals surface area contributed by atoms with Crippen molar-refractivity contribution in [2.75, 3.05) is 13.2 Å². The fourth-order valence-corrected chi connectivity index (χ4v) is 1.63. The van der Waals surface area contributed by atoms with Crippen LogP contribution < -0.4 is 0 Å². The van der Waals surface area contributed by atoms with Gasteiger partial charge in [0.05, 0.1) is 18.2 Å². The molecule has 1 aliphatic rings. The van der Waals surface area contributed by atoms with Gasteiger partial charge in [0.15, 0.2) is 0 Å². The average Bonchev–Trinajstić information content (AvgIpc) is 2.07. The highest BCUT2D eigenvalue weighted by Crippen LogP contribution is 2.35. The van der Waals surface area contributed by atoms with E-state index in [1.807, 2.05) is 0 Å². The lowest BCUT2D eigenvalue weighted by molar-refractivity contribution is -0.184. The van der Waals surface area contributed by atoms with E-state index in [1.165, 1.54) is 0 Å². The first-order valence-electron chi connectivity index (χ1n) is 3.98. The largest absolute Gasteiger partial charge is 0.380 e. The third-order valence-corrected chi connectivity index (χ3v) is 2.56. The monoisotopic (exact) mass is 220 g/mol. The minimum atomic E-state index is -1.35. The molecule has 1 saturated heterocycles. The van der Waals surface area contributed by atoms with Gasteiger partial charge in [-0.05, 0) is 6.07 Å². The molecule has 76 valence electrons. The summed E-state index contributed by atoms with van der Waals surface area (Å²) in [7, 11) is 0. The second-order valence-electron chi connectivity index (χ2n) is 3.27. The van der Waals surface area contributed by atoms with Gasteiger partial charge in [-0.3, -0.25) is 0 Å². The Hall–Kier alpha value is -0.710. The summed E-state index contributed by atoms with van der Waals surface area (Å²) in [6.45, 7) is 0.0191. The van der Waals surface area contributed by atoms with Gasteiger partial charge >= 0.3 is 0 Å². The lowest BCUT2D eigenvalue weighted by atomic mass is 9.92. The molecular formula is C9H7ClF2O2. The molecule has 1 N–H and O–H groups in total. The second-order valence-corrected chi connectivity index (χ2v) is 3.65. The van der Waals surface area contributed by atoms with Gasteiger partial charge in [-0.2, -0.15) is 0 Å². The molecule has 0 radical (unpaired) electrons. The predicted molar refractivity (Wildman–Crippen MR) is 46.1 cm³/mol. The summed E-state index contributed by atoms with van der Waals surface area (Å²) in [4.78, 5) is 0. The Bertz CT molecular complexity index is 377. The van der Waals surface area contributed by atoms with Crippen LogP contribution in [-0.4, -0.2) is 18.3 Å². The molecule has 0 amide bonds. The molecule has 5 heteroatoms. The van der Waals surface area contributed by atoms with Crippen molar-refractivity contribution in [3.63, 3.8) is 0 Å². The fraction of sp³-hybridized carbons (Fsp3) is 0.333. The van der Waals surface area contributed by atoms with Crippen molar-refractivity contribution in [1.82, 2.24) is 0 Å². The van der Waals surface area contributed by atoms with Crippen molar-refractivity contribution in [1.29, 1.82) is 0 Å². The predicted octanol–water partition coefficient (Wildman–Crippen LogP) is 1.84. The molecule has 0 spiro atoms. The first-order valence-corrected chi connectivity index (χ1v) is 4.36. The van der Waals surface area contributed by atoms with Gasteiger partial charge in [-0.25, -0.2) is 8.78 Å². The molecule has 0 aromatic heterocycles. The van der Waals surface area contributed by atoms with Crippen LogP contribution in [-0.2, 0) is 10.3 Å². The van der Waals surface area contributed by atoms with Crippen LogP contribution in [0.1, 0.15) is 5.56 Å². The molecule has 1 aromatic carbocycles. The molecule has 0 bridgehead atoms. The molecule has 0 atom stereocenters. The van der Waals surface area contributed by atoms with Crippen LogP contribution >= 0.6 is 11.6 Å². The highest BCUT2D eigenvalue weighted by molar-refractivity contribution is 6.31. The van der Waals surface area contributed by atoms with Crippen molar-refractivity contribution in [3.8, 4) is 0 Å². The summed E-state index contributed by atoms with van der Waals surface area (Å²) in [5, 5.41) is 9.52. The minimum absolute atomic E-state index is 0.00954. The van der Waals surface area contributed by atoms with Gasteiger partial charge < -0.3 is 9.84 Å². The van der Waals surface area contributed by atoms with Crippen molar-refractivity contribution in [2.24, 2.45) is 0 Å². The number of halogens is 3. The van der Waals surface area contributed by atoms with Crippen LogP contribution in [0.5, 0.6) is 0 Å². The topological polar surface area (TPSA) is 29.5 Å². The van der Waals surface area contributed by atoms with Crippen LogP contribution in [0, 0.1) is 11.6 Å². The van der Waals surface area contributed by atoms with Crippen molar-refractivity contribution in [2.45, 2.75) is 5.60 Å². The number of aliphatic hydroxyl groups is 1. The summed E-state index contributed by atoms with van der Waals surface area (Å²) in [5.41, 5.74) is -1.30. The second kappa shape index (κ2) is 3.15. The SMILES string of the molecule is OC1(c2cc(F)cc(F)c2Cl)COC1. The maximum atomic E-state index is 13.0. The van der Waals surface area contributed by atoms with E-state index in [0.717, 1.165) is 6.07 Å². The summed E-state index contributed by atoms with van der Waals surface area (Å²) in [6.07, 6.45) is 0. The third kappa shape index (κ3) is 1.39. The lowest BCUT2D eigenvalue weighted by Gasteiger charge is -2.37. The normalized spacial score (nSPS) is 19.1. The Morgan fingerprint density at radius 1 is 1.36 bits per heavy atom. The maximum Gasteiger partial charge on any atom is 0.145 e. The van der Waals surface area contributed by atoms with Crippen molar-refractivity contribution >= 4 is 11.6 Å². The number of hydrogen-bond acceptors (Lipinski definition) is 2. The van der Waals surface area contributed by atoms with E-state index in [1.54, 1.807) is 0 Å². The smallest absolute Gasteiger partial charge is 0.145 e. The molecule has 0 aliphatic carbocycles. The molecule has 2 nitrogen and oxygen atoms in total. The molecule has 0 saturated carbocycles.